The van der Waals surface area contributed by atoms with Gasteiger partial charge in [-0.05, 0) is 31.0 Å². The van der Waals surface area contributed by atoms with Crippen molar-refractivity contribution in [2.45, 2.75) is 19.3 Å². The highest BCUT2D eigenvalue weighted by molar-refractivity contribution is 9.10. The summed E-state index contributed by atoms with van der Waals surface area (Å²) in [5.41, 5.74) is 7.05. The number of anilines is 1. The van der Waals surface area contributed by atoms with E-state index in [1.807, 2.05) is 6.07 Å². The lowest BCUT2D eigenvalue weighted by Crippen LogP contribution is -2.22. The highest BCUT2D eigenvalue weighted by atomic mass is 79.9. The molecule has 1 fully saturated rings. The molecule has 1 aliphatic carbocycles. The van der Waals surface area contributed by atoms with Gasteiger partial charge in [0.05, 0.1) is 0 Å². The zero-order chi connectivity index (χ0) is 10.1. The zero-order valence-electron chi connectivity index (χ0n) is 7.79. The molecule has 0 aliphatic heterocycles. The molecule has 0 heterocycles. The second-order valence-corrected chi connectivity index (χ2v) is 4.68. The quantitative estimate of drug-likeness (QED) is 0.651. The lowest BCUT2D eigenvalue weighted by Gasteiger charge is -2.23. The lowest BCUT2D eigenvalue weighted by molar-refractivity contribution is 0.0855. The SMILES string of the molecule is Nc1cc(Br)cc(C(=O)C2CCC2)c1. The van der Waals surface area contributed by atoms with Crippen LogP contribution < -0.4 is 5.73 Å². The minimum absolute atomic E-state index is 0.240. The van der Waals surface area contributed by atoms with Gasteiger partial charge >= 0.3 is 0 Å². The second-order valence-electron chi connectivity index (χ2n) is 3.77. The van der Waals surface area contributed by atoms with Crippen LogP contribution in [-0.4, -0.2) is 5.78 Å². The van der Waals surface area contributed by atoms with Crippen LogP contribution in [0, 0.1) is 5.92 Å². The van der Waals surface area contributed by atoms with Crippen LogP contribution in [-0.2, 0) is 0 Å². The summed E-state index contributed by atoms with van der Waals surface area (Å²) < 4.78 is 0.875. The standard InChI is InChI=1S/C11H12BrNO/c12-9-4-8(5-10(13)6-9)11(14)7-2-1-3-7/h4-7H,1-3,13H2. The Kier molecular flexibility index (Phi) is 2.59. The van der Waals surface area contributed by atoms with Gasteiger partial charge < -0.3 is 5.73 Å². The van der Waals surface area contributed by atoms with Crippen molar-refractivity contribution >= 4 is 27.4 Å². The Balaban J connectivity index is 2.26. The molecule has 1 aliphatic rings. The van der Waals surface area contributed by atoms with E-state index in [2.05, 4.69) is 15.9 Å². The molecule has 2 N–H and O–H groups in total. The van der Waals surface area contributed by atoms with Gasteiger partial charge in [-0.25, -0.2) is 0 Å². The Bertz CT molecular complexity index is 351. The second kappa shape index (κ2) is 3.73. The number of carbonyl (C=O) groups is 1. The number of carbonyl (C=O) groups excluding carboxylic acids is 1. The molecule has 0 aromatic heterocycles. The van der Waals surface area contributed by atoms with E-state index in [1.54, 1.807) is 12.1 Å². The lowest BCUT2D eigenvalue weighted by atomic mass is 9.80. The maximum absolute atomic E-state index is 11.9. The van der Waals surface area contributed by atoms with Crippen molar-refractivity contribution in [1.82, 2.24) is 0 Å². The highest BCUT2D eigenvalue weighted by Gasteiger charge is 2.26. The van der Waals surface area contributed by atoms with Crippen LogP contribution in [0.15, 0.2) is 22.7 Å². The molecule has 0 bridgehead atoms. The van der Waals surface area contributed by atoms with Crippen LogP contribution in [0.5, 0.6) is 0 Å². The largest absolute Gasteiger partial charge is 0.399 e. The van der Waals surface area contributed by atoms with Gasteiger partial charge in [0.15, 0.2) is 5.78 Å². The number of ketones is 1. The molecule has 0 unspecified atom stereocenters. The van der Waals surface area contributed by atoms with Gasteiger partial charge in [0.2, 0.25) is 0 Å². The van der Waals surface area contributed by atoms with E-state index in [4.69, 9.17) is 5.73 Å². The van der Waals surface area contributed by atoms with Crippen molar-refractivity contribution in [3.05, 3.63) is 28.2 Å². The number of hydrogen-bond acceptors (Lipinski definition) is 2. The summed E-state index contributed by atoms with van der Waals surface area (Å²) in [7, 11) is 0. The number of rotatable bonds is 2. The molecule has 0 saturated heterocycles. The predicted molar refractivity (Wildman–Crippen MR) is 60.2 cm³/mol. The summed E-state index contributed by atoms with van der Waals surface area (Å²) in [6.45, 7) is 0. The first-order valence-electron chi connectivity index (χ1n) is 4.77. The van der Waals surface area contributed by atoms with Gasteiger partial charge in [-0.15, -0.1) is 0 Å². The first kappa shape index (κ1) is 9.71. The van der Waals surface area contributed by atoms with Crippen molar-refractivity contribution in [3.63, 3.8) is 0 Å². The molecule has 0 radical (unpaired) electrons. The van der Waals surface area contributed by atoms with Crippen molar-refractivity contribution in [1.29, 1.82) is 0 Å². The van der Waals surface area contributed by atoms with Crippen molar-refractivity contribution in [3.8, 4) is 0 Å². The molecular weight excluding hydrogens is 242 g/mol. The molecule has 0 spiro atoms. The van der Waals surface area contributed by atoms with Crippen LogP contribution >= 0.6 is 15.9 Å². The van der Waals surface area contributed by atoms with Crippen molar-refractivity contribution in [2.24, 2.45) is 5.92 Å². The molecule has 1 aromatic carbocycles. The Morgan fingerprint density at radius 1 is 1.36 bits per heavy atom. The molecule has 2 rings (SSSR count). The molecule has 0 amide bonds. The van der Waals surface area contributed by atoms with E-state index < -0.39 is 0 Å². The molecule has 1 saturated carbocycles. The number of nitrogens with two attached hydrogens (primary N) is 1. The maximum Gasteiger partial charge on any atom is 0.166 e. The minimum Gasteiger partial charge on any atom is -0.399 e. The summed E-state index contributed by atoms with van der Waals surface area (Å²) >= 11 is 3.34. The number of nitrogen functional groups attached to an aromatic ring is 1. The van der Waals surface area contributed by atoms with E-state index in [0.717, 1.165) is 22.9 Å². The van der Waals surface area contributed by atoms with Gasteiger partial charge in [-0.2, -0.15) is 0 Å². The Labute approximate surface area is 91.6 Å². The Hall–Kier alpha value is -0.830. The van der Waals surface area contributed by atoms with Crippen molar-refractivity contribution in [2.75, 3.05) is 5.73 Å². The van der Waals surface area contributed by atoms with Gasteiger partial charge in [0.25, 0.3) is 0 Å². The van der Waals surface area contributed by atoms with Crippen LogP contribution in [0.25, 0.3) is 0 Å². The monoisotopic (exact) mass is 253 g/mol. The summed E-state index contributed by atoms with van der Waals surface area (Å²) in [6.07, 6.45) is 3.25. The van der Waals surface area contributed by atoms with Gasteiger partial charge in [-0.1, -0.05) is 22.4 Å². The first-order chi connectivity index (χ1) is 6.66. The number of halogens is 1. The number of hydrogen-bond donors (Lipinski definition) is 1. The molecule has 74 valence electrons. The third-order valence-corrected chi connectivity index (χ3v) is 3.14. The smallest absolute Gasteiger partial charge is 0.166 e. The van der Waals surface area contributed by atoms with E-state index >= 15 is 0 Å². The third kappa shape index (κ3) is 1.82. The highest BCUT2D eigenvalue weighted by Crippen LogP contribution is 2.31. The fraction of sp³-hybridized carbons (Fsp3) is 0.364. The normalized spacial score (nSPS) is 16.4. The van der Waals surface area contributed by atoms with Gasteiger partial charge in [0.1, 0.15) is 0 Å². The fourth-order valence-corrected chi connectivity index (χ4v) is 2.17. The molecule has 14 heavy (non-hydrogen) atoms. The van der Waals surface area contributed by atoms with Crippen LogP contribution in [0.4, 0.5) is 5.69 Å². The van der Waals surface area contributed by atoms with Gasteiger partial charge in [0, 0.05) is 21.6 Å². The summed E-state index contributed by atoms with van der Waals surface area (Å²) in [5.74, 6) is 0.480. The number of benzene rings is 1. The van der Waals surface area contributed by atoms with E-state index in [1.165, 1.54) is 6.42 Å². The average molecular weight is 254 g/mol. The van der Waals surface area contributed by atoms with Gasteiger partial charge in [-0.3, -0.25) is 4.79 Å². The molecule has 1 aromatic rings. The summed E-state index contributed by atoms with van der Waals surface area (Å²) in [4.78, 5) is 11.9. The summed E-state index contributed by atoms with van der Waals surface area (Å²) in [6, 6.07) is 5.40. The Morgan fingerprint density at radius 3 is 2.57 bits per heavy atom. The number of Topliss-reactive ketones (excluding diaryl/α,β-unsaturated/α-hetero) is 1. The molecule has 0 atom stereocenters. The third-order valence-electron chi connectivity index (χ3n) is 2.68. The van der Waals surface area contributed by atoms with E-state index in [-0.39, 0.29) is 11.7 Å². The zero-order valence-corrected chi connectivity index (χ0v) is 9.38. The molecular formula is C11H12BrNO. The fourth-order valence-electron chi connectivity index (χ4n) is 1.66. The summed E-state index contributed by atoms with van der Waals surface area (Å²) in [5, 5.41) is 0. The maximum atomic E-state index is 11.9. The van der Waals surface area contributed by atoms with Crippen LogP contribution in [0.2, 0.25) is 0 Å². The van der Waals surface area contributed by atoms with E-state index in [0.29, 0.717) is 5.69 Å². The Morgan fingerprint density at radius 2 is 2.07 bits per heavy atom. The van der Waals surface area contributed by atoms with E-state index in [9.17, 15) is 4.79 Å². The topological polar surface area (TPSA) is 43.1 Å². The average Bonchev–Trinajstić information content (AvgIpc) is 1.98. The molecule has 3 heteroatoms. The van der Waals surface area contributed by atoms with Crippen molar-refractivity contribution < 1.29 is 4.79 Å². The van der Waals surface area contributed by atoms with Crippen LogP contribution in [0.3, 0.4) is 0 Å². The molecule has 2 nitrogen and oxygen atoms in total. The first-order valence-corrected chi connectivity index (χ1v) is 5.56. The predicted octanol–water partition coefficient (Wildman–Crippen LogP) is 3.01. The van der Waals surface area contributed by atoms with Crippen LogP contribution in [0.1, 0.15) is 29.6 Å². The minimum atomic E-state index is 0.240.